The van der Waals surface area contributed by atoms with Crippen LogP contribution in [0, 0.1) is 18.3 Å². The summed E-state index contributed by atoms with van der Waals surface area (Å²) in [7, 11) is -3.72. The number of aryl methyl sites for hydroxylation is 1. The highest BCUT2D eigenvalue weighted by Crippen LogP contribution is 2.27. The first-order valence-electron chi connectivity index (χ1n) is 7.50. The zero-order chi connectivity index (χ0) is 17.3. The Labute approximate surface area is 141 Å². The van der Waals surface area contributed by atoms with Crippen LogP contribution in [0.5, 0.6) is 0 Å². The summed E-state index contributed by atoms with van der Waals surface area (Å²) in [6, 6.07) is 15.4. The van der Waals surface area contributed by atoms with Crippen molar-refractivity contribution >= 4 is 20.9 Å². The van der Waals surface area contributed by atoms with Gasteiger partial charge >= 0.3 is 0 Å². The van der Waals surface area contributed by atoms with Gasteiger partial charge in [-0.2, -0.15) is 5.26 Å². The van der Waals surface area contributed by atoms with Gasteiger partial charge in [-0.25, -0.2) is 12.4 Å². The summed E-state index contributed by atoms with van der Waals surface area (Å²) in [6.07, 6.45) is 1.87. The third-order valence-electron chi connectivity index (χ3n) is 4.00. The molecule has 1 unspecified atom stereocenters. The van der Waals surface area contributed by atoms with Crippen molar-refractivity contribution in [2.24, 2.45) is 5.73 Å². The molecule has 2 N–H and O–H groups in total. The minimum absolute atomic E-state index is 0.266. The lowest BCUT2D eigenvalue weighted by atomic mass is 10.1. The van der Waals surface area contributed by atoms with Crippen LogP contribution >= 0.6 is 0 Å². The van der Waals surface area contributed by atoms with Gasteiger partial charge in [0.05, 0.1) is 22.5 Å². The van der Waals surface area contributed by atoms with Crippen molar-refractivity contribution in [1.82, 2.24) is 3.97 Å². The molecule has 2 aromatic carbocycles. The zero-order valence-corrected chi connectivity index (χ0v) is 14.0. The molecule has 0 spiro atoms. The molecule has 24 heavy (non-hydrogen) atoms. The molecule has 0 fully saturated rings. The topological polar surface area (TPSA) is 88.9 Å². The molecule has 0 saturated carbocycles. The molecule has 3 rings (SSSR count). The van der Waals surface area contributed by atoms with Gasteiger partial charge in [0.2, 0.25) is 0 Å². The van der Waals surface area contributed by atoms with Crippen molar-refractivity contribution in [1.29, 1.82) is 5.26 Å². The largest absolute Gasteiger partial charge is 0.316 e. The van der Waals surface area contributed by atoms with E-state index in [1.54, 1.807) is 49.5 Å². The highest BCUT2D eigenvalue weighted by Gasteiger charge is 2.23. The van der Waals surface area contributed by atoms with E-state index in [0.29, 0.717) is 17.5 Å². The summed E-state index contributed by atoms with van der Waals surface area (Å²) in [5.74, 6) is 0. The maximum absolute atomic E-state index is 13.1. The van der Waals surface area contributed by atoms with E-state index in [0.717, 1.165) is 10.9 Å². The van der Waals surface area contributed by atoms with Crippen LogP contribution in [-0.2, 0) is 16.4 Å². The van der Waals surface area contributed by atoms with Crippen LogP contribution in [0.1, 0.15) is 11.1 Å². The predicted octanol–water partition coefficient (Wildman–Crippen LogP) is 2.58. The summed E-state index contributed by atoms with van der Waals surface area (Å²) in [6.45, 7) is 1.77. The van der Waals surface area contributed by atoms with Crippen LogP contribution in [-0.4, -0.2) is 18.4 Å². The molecule has 0 aliphatic carbocycles. The van der Waals surface area contributed by atoms with Gasteiger partial charge in [0, 0.05) is 18.0 Å². The fraction of sp³-hybridized carbons (Fsp3) is 0.167. The number of hydrogen-bond acceptors (Lipinski definition) is 4. The van der Waals surface area contributed by atoms with Crippen LogP contribution in [0.3, 0.4) is 0 Å². The van der Waals surface area contributed by atoms with Gasteiger partial charge in [0.1, 0.15) is 0 Å². The number of hydrogen-bond donors (Lipinski definition) is 1. The van der Waals surface area contributed by atoms with E-state index in [2.05, 4.69) is 0 Å². The molecule has 3 aromatic rings. The minimum atomic E-state index is -3.72. The van der Waals surface area contributed by atoms with Gasteiger partial charge in [0.15, 0.2) is 0 Å². The highest BCUT2D eigenvalue weighted by atomic mass is 32.2. The maximum Gasteiger partial charge on any atom is 0.268 e. The van der Waals surface area contributed by atoms with Crippen LogP contribution in [0.25, 0.3) is 10.9 Å². The van der Waals surface area contributed by atoms with Crippen molar-refractivity contribution in [3.8, 4) is 6.07 Å². The van der Waals surface area contributed by atoms with Crippen molar-refractivity contribution < 1.29 is 8.42 Å². The quantitative estimate of drug-likeness (QED) is 0.791. The number of benzene rings is 2. The molecule has 1 atom stereocenters. The fourth-order valence-corrected chi connectivity index (χ4v) is 4.44. The van der Waals surface area contributed by atoms with Gasteiger partial charge in [-0.1, -0.05) is 36.4 Å². The lowest BCUT2D eigenvalue weighted by molar-refractivity contribution is 0.588. The molecule has 6 heteroatoms. The number of nitrogens with zero attached hydrogens (tertiary/aromatic N) is 2. The third-order valence-corrected chi connectivity index (χ3v) is 5.83. The number of rotatable bonds is 4. The highest BCUT2D eigenvalue weighted by molar-refractivity contribution is 7.90. The number of nitriles is 1. The molecule has 0 aliphatic rings. The second-order valence-electron chi connectivity index (χ2n) is 5.68. The SMILES string of the molecule is Cc1ccccc1S(=O)(=O)n1cc(CC(N)C#N)c2ccccc21. The number of para-hydroxylation sites is 1. The summed E-state index contributed by atoms with van der Waals surface area (Å²) < 4.78 is 27.5. The second-order valence-corrected chi connectivity index (χ2v) is 7.46. The van der Waals surface area contributed by atoms with Crippen molar-refractivity contribution in [2.45, 2.75) is 24.3 Å². The molecule has 122 valence electrons. The second kappa shape index (κ2) is 6.11. The Morgan fingerprint density at radius 1 is 1.17 bits per heavy atom. The lowest BCUT2D eigenvalue weighted by Crippen LogP contribution is -2.20. The number of aromatic nitrogens is 1. The predicted molar refractivity (Wildman–Crippen MR) is 93.0 cm³/mol. The smallest absolute Gasteiger partial charge is 0.268 e. The fourth-order valence-electron chi connectivity index (χ4n) is 2.81. The van der Waals surface area contributed by atoms with Gasteiger partial charge in [-0.15, -0.1) is 0 Å². The average Bonchev–Trinajstić information content (AvgIpc) is 2.94. The van der Waals surface area contributed by atoms with Gasteiger partial charge in [0.25, 0.3) is 10.0 Å². The number of fused-ring (bicyclic) bond motifs is 1. The van der Waals surface area contributed by atoms with E-state index in [4.69, 9.17) is 11.0 Å². The molecule has 0 amide bonds. The molecule has 0 saturated heterocycles. The zero-order valence-electron chi connectivity index (χ0n) is 13.2. The van der Waals surface area contributed by atoms with Crippen LogP contribution in [0.4, 0.5) is 0 Å². The Kier molecular flexibility index (Phi) is 4.14. The van der Waals surface area contributed by atoms with Crippen molar-refractivity contribution in [2.75, 3.05) is 0 Å². The minimum Gasteiger partial charge on any atom is -0.316 e. The molecule has 0 radical (unpaired) electrons. The summed E-state index contributed by atoms with van der Waals surface area (Å²) >= 11 is 0. The van der Waals surface area contributed by atoms with Crippen LogP contribution in [0.2, 0.25) is 0 Å². The molecule has 1 aromatic heterocycles. The first kappa shape index (κ1) is 16.2. The summed E-state index contributed by atoms with van der Waals surface area (Å²) in [5.41, 5.74) is 7.75. The molecule has 5 nitrogen and oxygen atoms in total. The maximum atomic E-state index is 13.1. The van der Waals surface area contributed by atoms with Crippen LogP contribution in [0.15, 0.2) is 59.6 Å². The van der Waals surface area contributed by atoms with E-state index in [1.165, 1.54) is 3.97 Å². The van der Waals surface area contributed by atoms with E-state index in [1.807, 2.05) is 18.2 Å². The van der Waals surface area contributed by atoms with E-state index >= 15 is 0 Å². The van der Waals surface area contributed by atoms with E-state index in [-0.39, 0.29) is 4.90 Å². The van der Waals surface area contributed by atoms with E-state index < -0.39 is 16.1 Å². The van der Waals surface area contributed by atoms with Gasteiger partial charge < -0.3 is 5.73 Å². The van der Waals surface area contributed by atoms with Crippen molar-refractivity contribution in [3.63, 3.8) is 0 Å². The molecule has 0 bridgehead atoms. The molecular weight excluding hydrogens is 322 g/mol. The van der Waals surface area contributed by atoms with Gasteiger partial charge in [-0.3, -0.25) is 0 Å². The molecule has 0 aliphatic heterocycles. The Balaban J connectivity index is 2.24. The summed E-state index contributed by atoms with van der Waals surface area (Å²) in [5, 5.41) is 9.74. The molecule has 1 heterocycles. The molecular formula is C18H17N3O2S. The Morgan fingerprint density at radius 3 is 2.54 bits per heavy atom. The average molecular weight is 339 g/mol. The van der Waals surface area contributed by atoms with Gasteiger partial charge in [-0.05, 0) is 30.2 Å². The van der Waals surface area contributed by atoms with Crippen LogP contribution < -0.4 is 5.73 Å². The standard InChI is InChI=1S/C18H17N3O2S/c1-13-6-2-5-9-18(13)24(22,23)21-12-14(10-15(20)11-19)16-7-3-4-8-17(16)21/h2-9,12,15H,10,20H2,1H3. The third kappa shape index (κ3) is 2.68. The first-order valence-corrected chi connectivity index (χ1v) is 8.94. The Morgan fingerprint density at radius 2 is 1.83 bits per heavy atom. The first-order chi connectivity index (χ1) is 11.4. The lowest BCUT2D eigenvalue weighted by Gasteiger charge is -2.09. The van der Waals surface area contributed by atoms with Crippen molar-refractivity contribution in [3.05, 3.63) is 65.9 Å². The Bertz CT molecular complexity index is 1050. The summed E-state index contributed by atoms with van der Waals surface area (Å²) in [4.78, 5) is 0.266. The monoisotopic (exact) mass is 339 g/mol. The van der Waals surface area contributed by atoms with E-state index in [9.17, 15) is 8.42 Å². The normalized spacial score (nSPS) is 12.9. The Hall–Kier alpha value is -2.62. The number of nitrogens with two attached hydrogens (primary N) is 1.